The number of carbonyl (C=O) groups excluding carboxylic acids is 3. The average Bonchev–Trinajstić information content (AvgIpc) is 3.41. The minimum atomic E-state index is -0.848. The van der Waals surface area contributed by atoms with Gasteiger partial charge in [0.15, 0.2) is 6.10 Å². The van der Waals surface area contributed by atoms with Crippen LogP contribution in [0.15, 0.2) is 182 Å². The Kier molecular flexibility index (Phi) is 56.6. The smallest absolute Gasteiger partial charge is 0.306 e. The second-order valence-electron chi connectivity index (χ2n) is 18.4. The van der Waals surface area contributed by atoms with Crippen LogP contribution in [0.25, 0.3) is 0 Å². The number of rotatable bonds is 50. The Morgan fingerprint density at radius 1 is 0.267 bits per heavy atom. The highest BCUT2D eigenvalue weighted by molar-refractivity contribution is 5.71. The van der Waals surface area contributed by atoms with Gasteiger partial charge in [-0.3, -0.25) is 14.4 Å². The molecule has 0 saturated carbocycles. The molecule has 416 valence electrons. The second-order valence-corrected chi connectivity index (χ2v) is 18.4. The van der Waals surface area contributed by atoms with E-state index in [9.17, 15) is 14.4 Å². The molecule has 0 fully saturated rings. The van der Waals surface area contributed by atoms with E-state index in [4.69, 9.17) is 14.2 Å². The lowest BCUT2D eigenvalue weighted by Gasteiger charge is -2.18. The van der Waals surface area contributed by atoms with Gasteiger partial charge in [0, 0.05) is 19.3 Å². The van der Waals surface area contributed by atoms with Gasteiger partial charge in [-0.05, 0) is 141 Å². The van der Waals surface area contributed by atoms with Crippen LogP contribution in [0.3, 0.4) is 0 Å². The van der Waals surface area contributed by atoms with Crippen LogP contribution in [-0.4, -0.2) is 37.2 Å². The third kappa shape index (κ3) is 59.3. The molecule has 0 aliphatic heterocycles. The summed E-state index contributed by atoms with van der Waals surface area (Å²) in [6.45, 7) is 6.17. The van der Waals surface area contributed by atoms with Crippen LogP contribution in [0.2, 0.25) is 0 Å². The van der Waals surface area contributed by atoms with Crippen molar-refractivity contribution in [1.29, 1.82) is 0 Å². The van der Waals surface area contributed by atoms with Crippen molar-refractivity contribution in [2.45, 2.75) is 219 Å². The summed E-state index contributed by atoms with van der Waals surface area (Å²) in [6.07, 6.45) is 91.8. The van der Waals surface area contributed by atoms with Gasteiger partial charge in [-0.25, -0.2) is 0 Å². The predicted molar refractivity (Wildman–Crippen MR) is 324 cm³/mol. The molecule has 1 unspecified atom stereocenters. The summed E-state index contributed by atoms with van der Waals surface area (Å²) in [5.41, 5.74) is 0. The number of ether oxygens (including phenoxy) is 3. The van der Waals surface area contributed by atoms with Gasteiger partial charge in [-0.2, -0.15) is 0 Å². The Bertz CT molecular complexity index is 1800. The van der Waals surface area contributed by atoms with E-state index in [-0.39, 0.29) is 38.0 Å². The molecule has 0 saturated heterocycles. The van der Waals surface area contributed by atoms with Crippen molar-refractivity contribution in [3.63, 3.8) is 0 Å². The van der Waals surface area contributed by atoms with Crippen molar-refractivity contribution < 1.29 is 28.6 Å². The van der Waals surface area contributed by atoms with Gasteiger partial charge in [0.2, 0.25) is 0 Å². The molecule has 0 spiro atoms. The zero-order valence-corrected chi connectivity index (χ0v) is 47.5. The molecule has 0 bridgehead atoms. The molecule has 6 nitrogen and oxygen atoms in total. The third-order valence-corrected chi connectivity index (χ3v) is 11.4. The van der Waals surface area contributed by atoms with Crippen molar-refractivity contribution in [2.75, 3.05) is 13.2 Å². The largest absolute Gasteiger partial charge is 0.462 e. The predicted octanol–water partition coefficient (Wildman–Crippen LogP) is 20.1. The number of hydrogen-bond donors (Lipinski definition) is 0. The fraction of sp³-hybridized carbons (Fsp3) is 0.522. The molecular weight excluding hydrogens is 925 g/mol. The van der Waals surface area contributed by atoms with Crippen molar-refractivity contribution in [1.82, 2.24) is 0 Å². The van der Waals surface area contributed by atoms with Crippen LogP contribution in [0.4, 0.5) is 0 Å². The van der Waals surface area contributed by atoms with Crippen molar-refractivity contribution in [3.05, 3.63) is 182 Å². The standard InChI is InChI=1S/C69H104O6/c1-4-7-10-13-16-19-22-25-28-31-32-33-34-35-36-39-41-44-47-50-53-56-59-62-68(71)74-65-66(75-69(72)63-60-57-54-51-48-45-42-38-30-27-24-21-18-15-12-9-6-3)64-73-67(70)61-58-55-52-49-46-43-40-37-29-26-23-20-17-14-11-8-5-2/h7-12,16-21,25-30,32-33,35-36,40,42-43,45,49,51-52,54,66H,4-6,13-15,22-24,31,34,37-39,41,44,46-48,50,53,55-65H2,1-3H3/b10-7-,11-8-,12-9-,19-16-,20-17-,21-18-,28-25-,29-26-,30-27-,33-32-,36-35-,43-40-,45-42-,52-49-,54-51-. The first kappa shape index (κ1) is 69.5. The number of esters is 3. The van der Waals surface area contributed by atoms with Gasteiger partial charge in [0.05, 0.1) is 0 Å². The minimum absolute atomic E-state index is 0.134. The molecule has 6 heteroatoms. The van der Waals surface area contributed by atoms with E-state index >= 15 is 0 Å². The van der Waals surface area contributed by atoms with Crippen molar-refractivity contribution in [3.8, 4) is 0 Å². The van der Waals surface area contributed by atoms with Crippen LogP contribution in [0.1, 0.15) is 213 Å². The SMILES string of the molecule is CC/C=C\C/C=C\C/C=C\C/C=C\C/C=C\CCCCCCCCCC(=O)OCC(COC(=O)CCC/C=C\C/C=C\C/C=C\C/C=C\C/C=C\CC)OC(=O)CCC/C=C\C/C=C\C/C=C\C/C=C\C/C=C\CC. The molecule has 0 aliphatic rings. The maximum atomic E-state index is 12.9. The Balaban J connectivity index is 4.59. The van der Waals surface area contributed by atoms with E-state index in [0.717, 1.165) is 141 Å². The molecule has 1 atom stereocenters. The van der Waals surface area contributed by atoms with Gasteiger partial charge in [-0.1, -0.05) is 235 Å². The summed E-state index contributed by atoms with van der Waals surface area (Å²) >= 11 is 0. The molecule has 0 aliphatic carbocycles. The number of allylic oxidation sites excluding steroid dienone is 30. The molecule has 0 aromatic carbocycles. The van der Waals surface area contributed by atoms with E-state index in [1.54, 1.807) is 0 Å². The van der Waals surface area contributed by atoms with E-state index in [0.29, 0.717) is 19.3 Å². The number of carbonyl (C=O) groups is 3. The van der Waals surface area contributed by atoms with E-state index in [1.807, 2.05) is 0 Å². The maximum absolute atomic E-state index is 12.9. The van der Waals surface area contributed by atoms with Crippen molar-refractivity contribution >= 4 is 17.9 Å². The Morgan fingerprint density at radius 3 is 0.800 bits per heavy atom. The highest BCUT2D eigenvalue weighted by Crippen LogP contribution is 2.12. The average molecular weight is 1030 g/mol. The lowest BCUT2D eigenvalue weighted by Crippen LogP contribution is -2.30. The van der Waals surface area contributed by atoms with Gasteiger partial charge < -0.3 is 14.2 Å². The van der Waals surface area contributed by atoms with E-state index < -0.39 is 12.1 Å². The fourth-order valence-corrected chi connectivity index (χ4v) is 7.13. The van der Waals surface area contributed by atoms with Crippen LogP contribution in [-0.2, 0) is 28.6 Å². The first-order valence-corrected chi connectivity index (χ1v) is 29.3. The molecule has 0 rings (SSSR count). The molecule has 0 radical (unpaired) electrons. The van der Waals surface area contributed by atoms with Gasteiger partial charge in [0.25, 0.3) is 0 Å². The molecular formula is C69H104O6. The number of hydrogen-bond acceptors (Lipinski definition) is 6. The number of unbranched alkanes of at least 4 members (excludes halogenated alkanes) is 9. The molecule has 0 aromatic rings. The Labute approximate surface area is 459 Å². The topological polar surface area (TPSA) is 78.9 Å². The molecule has 0 N–H and O–H groups in total. The second kappa shape index (κ2) is 61.1. The fourth-order valence-electron chi connectivity index (χ4n) is 7.13. The monoisotopic (exact) mass is 1030 g/mol. The third-order valence-electron chi connectivity index (χ3n) is 11.4. The normalized spacial score (nSPS) is 13.5. The molecule has 0 amide bonds. The first-order chi connectivity index (χ1) is 37.0. The lowest BCUT2D eigenvalue weighted by atomic mass is 10.1. The van der Waals surface area contributed by atoms with Crippen LogP contribution in [0, 0.1) is 0 Å². The molecule has 0 heterocycles. The molecule has 0 aromatic heterocycles. The summed E-state index contributed by atoms with van der Waals surface area (Å²) < 4.78 is 16.8. The summed E-state index contributed by atoms with van der Waals surface area (Å²) in [7, 11) is 0. The van der Waals surface area contributed by atoms with E-state index in [2.05, 4.69) is 203 Å². The van der Waals surface area contributed by atoms with Gasteiger partial charge in [-0.15, -0.1) is 0 Å². The summed E-state index contributed by atoms with van der Waals surface area (Å²) in [6, 6.07) is 0. The van der Waals surface area contributed by atoms with Gasteiger partial charge >= 0.3 is 17.9 Å². The van der Waals surface area contributed by atoms with Gasteiger partial charge in [0.1, 0.15) is 13.2 Å². The zero-order valence-electron chi connectivity index (χ0n) is 47.5. The summed E-state index contributed by atoms with van der Waals surface area (Å²) in [5, 5.41) is 0. The Hall–Kier alpha value is -5.49. The Morgan fingerprint density at radius 2 is 0.493 bits per heavy atom. The van der Waals surface area contributed by atoms with E-state index in [1.165, 1.54) is 19.3 Å². The highest BCUT2D eigenvalue weighted by atomic mass is 16.6. The van der Waals surface area contributed by atoms with Crippen molar-refractivity contribution in [2.24, 2.45) is 0 Å². The lowest BCUT2D eigenvalue weighted by molar-refractivity contribution is -0.167. The minimum Gasteiger partial charge on any atom is -0.462 e. The quantitative estimate of drug-likeness (QED) is 0.0261. The van der Waals surface area contributed by atoms with Crippen LogP contribution in [0.5, 0.6) is 0 Å². The first-order valence-electron chi connectivity index (χ1n) is 29.3. The maximum Gasteiger partial charge on any atom is 0.306 e. The zero-order chi connectivity index (χ0) is 54.3. The highest BCUT2D eigenvalue weighted by Gasteiger charge is 2.19. The molecule has 75 heavy (non-hydrogen) atoms. The van der Waals surface area contributed by atoms with Crippen LogP contribution >= 0.6 is 0 Å². The van der Waals surface area contributed by atoms with Crippen LogP contribution < -0.4 is 0 Å². The summed E-state index contributed by atoms with van der Waals surface area (Å²) in [4.78, 5) is 38.2. The summed E-state index contributed by atoms with van der Waals surface area (Å²) in [5.74, 6) is -1.08.